The van der Waals surface area contributed by atoms with Gasteiger partial charge in [0, 0.05) is 23.0 Å². The molecule has 0 radical (unpaired) electrons. The monoisotopic (exact) mass is 292 g/mol. The summed E-state index contributed by atoms with van der Waals surface area (Å²) in [6.07, 6.45) is 3.09. The molecule has 0 spiro atoms. The van der Waals surface area contributed by atoms with Gasteiger partial charge in [-0.25, -0.2) is 14.8 Å². The molecule has 4 rings (SSSR count). The van der Waals surface area contributed by atoms with Gasteiger partial charge in [-0.3, -0.25) is 0 Å². The summed E-state index contributed by atoms with van der Waals surface area (Å²) in [6, 6.07) is 15.8. The summed E-state index contributed by atoms with van der Waals surface area (Å²) in [7, 11) is 0. The Bertz CT molecular complexity index is 974. The number of aromatic hydroxyl groups is 1. The van der Waals surface area contributed by atoms with Gasteiger partial charge in [-0.15, -0.1) is 0 Å². The number of rotatable bonds is 0. The van der Waals surface area contributed by atoms with E-state index in [4.69, 9.17) is 4.42 Å². The molecule has 0 saturated heterocycles. The number of hydrogen-bond acceptors (Lipinski definition) is 5. The molecule has 0 aliphatic heterocycles. The Morgan fingerprint density at radius 3 is 2.59 bits per heavy atom. The van der Waals surface area contributed by atoms with Crippen LogP contribution in [-0.2, 0) is 0 Å². The number of phenolic OH excluding ortho intramolecular Hbond substituents is 1. The van der Waals surface area contributed by atoms with E-state index in [1.165, 1.54) is 12.4 Å². The van der Waals surface area contributed by atoms with Gasteiger partial charge >= 0.3 is 5.63 Å². The van der Waals surface area contributed by atoms with Crippen LogP contribution in [0.15, 0.2) is 76.3 Å². The molecule has 0 fully saturated rings. The van der Waals surface area contributed by atoms with Gasteiger partial charge in [0.25, 0.3) is 0 Å². The summed E-state index contributed by atoms with van der Waals surface area (Å²) < 4.78 is 4.91. The zero-order valence-corrected chi connectivity index (χ0v) is 11.5. The highest BCUT2D eigenvalue weighted by atomic mass is 16.4. The minimum atomic E-state index is -0.302. The van der Waals surface area contributed by atoms with E-state index in [1.807, 2.05) is 24.3 Å². The van der Waals surface area contributed by atoms with Crippen molar-refractivity contribution in [1.29, 1.82) is 0 Å². The Hall–Kier alpha value is -3.21. The maximum absolute atomic E-state index is 10.7. The number of hydrogen-bond donors (Lipinski definition) is 1. The lowest BCUT2D eigenvalue weighted by Gasteiger charge is -1.96. The van der Waals surface area contributed by atoms with Crippen LogP contribution < -0.4 is 5.63 Å². The smallest absolute Gasteiger partial charge is 0.336 e. The fraction of sp³-hybridized carbons (Fsp3) is 0. The second kappa shape index (κ2) is 6.05. The molecule has 108 valence electrons. The Balaban J connectivity index is 0.000000131. The Kier molecular flexibility index (Phi) is 3.78. The lowest BCUT2D eigenvalue weighted by molar-refractivity contribution is 0.480. The number of phenols is 1. The van der Waals surface area contributed by atoms with E-state index in [-0.39, 0.29) is 11.4 Å². The van der Waals surface area contributed by atoms with Gasteiger partial charge in [-0.2, -0.15) is 0 Å². The van der Waals surface area contributed by atoms with Gasteiger partial charge in [0.2, 0.25) is 0 Å². The van der Waals surface area contributed by atoms with Crippen molar-refractivity contribution in [2.24, 2.45) is 0 Å². The standard InChI is InChI=1S/C9H6O2.C8H6N2O/c10-9-6-5-7-3-1-2-4-8(7)11-9;11-7-3-1-2-6-4-9-5-10-8(6)7/h1-6H;1-5,11H. The third-order valence-corrected chi connectivity index (χ3v) is 3.04. The van der Waals surface area contributed by atoms with Crippen molar-refractivity contribution in [3.8, 4) is 5.75 Å². The molecule has 1 N–H and O–H groups in total. The first kappa shape index (κ1) is 13.8. The molecule has 2 aromatic heterocycles. The summed E-state index contributed by atoms with van der Waals surface area (Å²) in [5.74, 6) is 0.199. The van der Waals surface area contributed by atoms with Crippen LogP contribution in [0.25, 0.3) is 21.9 Å². The van der Waals surface area contributed by atoms with Crippen molar-refractivity contribution in [2.75, 3.05) is 0 Å². The number of aromatic nitrogens is 2. The summed E-state index contributed by atoms with van der Waals surface area (Å²) >= 11 is 0. The highest BCUT2D eigenvalue weighted by Gasteiger charge is 1.97. The molecule has 2 aromatic carbocycles. The van der Waals surface area contributed by atoms with Gasteiger partial charge in [0.05, 0.1) is 0 Å². The SMILES string of the molecule is O=c1ccc2ccccc2o1.Oc1cccc2cncnc12. The van der Waals surface area contributed by atoms with Crippen LogP contribution in [0.5, 0.6) is 5.75 Å². The van der Waals surface area contributed by atoms with E-state index >= 15 is 0 Å². The second-order valence-corrected chi connectivity index (χ2v) is 4.53. The van der Waals surface area contributed by atoms with Crippen LogP contribution in [0.4, 0.5) is 0 Å². The van der Waals surface area contributed by atoms with Crippen LogP contribution >= 0.6 is 0 Å². The third kappa shape index (κ3) is 2.93. The summed E-state index contributed by atoms with van der Waals surface area (Å²) in [5, 5.41) is 11.1. The van der Waals surface area contributed by atoms with E-state index in [2.05, 4.69) is 9.97 Å². The number of nitrogens with zero attached hydrogens (tertiary/aromatic N) is 2. The van der Waals surface area contributed by atoms with Crippen LogP contribution in [0.2, 0.25) is 0 Å². The third-order valence-electron chi connectivity index (χ3n) is 3.04. The van der Waals surface area contributed by atoms with Crippen molar-refractivity contribution < 1.29 is 9.52 Å². The Labute approximate surface area is 125 Å². The molecule has 0 unspecified atom stereocenters. The molecular weight excluding hydrogens is 280 g/mol. The van der Waals surface area contributed by atoms with Crippen molar-refractivity contribution in [3.05, 3.63) is 77.5 Å². The van der Waals surface area contributed by atoms with E-state index in [0.29, 0.717) is 11.1 Å². The van der Waals surface area contributed by atoms with Gasteiger partial charge in [-0.05, 0) is 18.2 Å². The largest absolute Gasteiger partial charge is 0.506 e. The fourth-order valence-corrected chi connectivity index (χ4v) is 2.01. The molecular formula is C17H12N2O3. The predicted octanol–water partition coefficient (Wildman–Crippen LogP) is 3.13. The molecule has 0 aliphatic carbocycles. The lowest BCUT2D eigenvalue weighted by Crippen LogP contribution is -1.93. The summed E-state index contributed by atoms with van der Waals surface area (Å²) in [6.45, 7) is 0. The number of para-hydroxylation sites is 2. The fourth-order valence-electron chi connectivity index (χ4n) is 2.01. The van der Waals surface area contributed by atoms with Gasteiger partial charge in [0.15, 0.2) is 0 Å². The van der Waals surface area contributed by atoms with Gasteiger partial charge in [0.1, 0.15) is 23.2 Å². The average molecular weight is 292 g/mol. The van der Waals surface area contributed by atoms with Crippen LogP contribution in [0.3, 0.4) is 0 Å². The quantitative estimate of drug-likeness (QED) is 0.504. The van der Waals surface area contributed by atoms with E-state index in [0.717, 1.165) is 10.8 Å². The number of benzene rings is 2. The van der Waals surface area contributed by atoms with Crippen molar-refractivity contribution >= 4 is 21.9 Å². The van der Waals surface area contributed by atoms with Gasteiger partial charge in [-0.1, -0.05) is 30.3 Å². The summed E-state index contributed by atoms with van der Waals surface area (Å²) in [4.78, 5) is 18.5. The minimum absolute atomic E-state index is 0.199. The molecule has 0 amide bonds. The van der Waals surface area contributed by atoms with Crippen LogP contribution in [0.1, 0.15) is 0 Å². The van der Waals surface area contributed by atoms with Crippen LogP contribution in [0, 0.1) is 0 Å². The molecule has 0 aliphatic rings. The molecule has 0 saturated carbocycles. The average Bonchev–Trinajstić information content (AvgIpc) is 2.56. The first-order valence-electron chi connectivity index (χ1n) is 6.60. The number of fused-ring (bicyclic) bond motifs is 2. The van der Waals surface area contributed by atoms with E-state index in [1.54, 1.807) is 30.5 Å². The maximum Gasteiger partial charge on any atom is 0.336 e. The Morgan fingerprint density at radius 2 is 1.73 bits per heavy atom. The lowest BCUT2D eigenvalue weighted by atomic mass is 10.2. The molecule has 22 heavy (non-hydrogen) atoms. The van der Waals surface area contributed by atoms with Crippen molar-refractivity contribution in [2.45, 2.75) is 0 Å². The first-order chi connectivity index (χ1) is 10.7. The highest BCUT2D eigenvalue weighted by molar-refractivity contribution is 5.82. The molecule has 2 heterocycles. The van der Waals surface area contributed by atoms with Crippen molar-refractivity contribution in [1.82, 2.24) is 9.97 Å². The highest BCUT2D eigenvalue weighted by Crippen LogP contribution is 2.19. The van der Waals surface area contributed by atoms with Crippen molar-refractivity contribution in [3.63, 3.8) is 0 Å². The predicted molar refractivity (Wildman–Crippen MR) is 83.7 cm³/mol. The molecule has 0 atom stereocenters. The summed E-state index contributed by atoms with van der Waals surface area (Å²) in [5.41, 5.74) is 0.936. The Morgan fingerprint density at radius 1 is 0.909 bits per heavy atom. The molecule has 0 bridgehead atoms. The van der Waals surface area contributed by atoms with E-state index < -0.39 is 0 Å². The minimum Gasteiger partial charge on any atom is -0.506 e. The molecule has 5 heteroatoms. The molecule has 5 nitrogen and oxygen atoms in total. The van der Waals surface area contributed by atoms with Crippen LogP contribution in [-0.4, -0.2) is 15.1 Å². The zero-order valence-electron chi connectivity index (χ0n) is 11.5. The normalized spacial score (nSPS) is 10.2. The maximum atomic E-state index is 10.7. The second-order valence-electron chi connectivity index (χ2n) is 4.53. The van der Waals surface area contributed by atoms with E-state index in [9.17, 15) is 9.90 Å². The molecule has 4 aromatic rings. The first-order valence-corrected chi connectivity index (χ1v) is 6.60. The van der Waals surface area contributed by atoms with Gasteiger partial charge < -0.3 is 9.52 Å². The topological polar surface area (TPSA) is 76.2 Å². The zero-order chi connectivity index (χ0) is 15.4.